The number of rotatable bonds is 5. The van der Waals surface area contributed by atoms with E-state index in [0.29, 0.717) is 0 Å². The smallest absolute Gasteiger partial charge is 0.125 e. The van der Waals surface area contributed by atoms with Gasteiger partial charge in [0.15, 0.2) is 0 Å². The Morgan fingerprint density at radius 2 is 2.06 bits per heavy atom. The molecule has 1 heterocycles. The summed E-state index contributed by atoms with van der Waals surface area (Å²) in [6, 6.07) is 7.82. The molecular weight excluding hydrogens is 212 g/mol. The van der Waals surface area contributed by atoms with Crippen LogP contribution in [0.1, 0.15) is 57.1 Å². The van der Waals surface area contributed by atoms with Gasteiger partial charge >= 0.3 is 0 Å². The lowest BCUT2D eigenvalue weighted by Gasteiger charge is -2.29. The van der Waals surface area contributed by atoms with Crippen molar-refractivity contribution in [1.82, 2.24) is 0 Å². The molecule has 2 heteroatoms. The molecule has 1 aliphatic heterocycles. The highest BCUT2D eigenvalue weighted by Crippen LogP contribution is 2.35. The first-order valence-electron chi connectivity index (χ1n) is 6.75. The van der Waals surface area contributed by atoms with Crippen LogP contribution in [0.3, 0.4) is 0 Å². The van der Waals surface area contributed by atoms with Gasteiger partial charge in [-0.25, -0.2) is 0 Å². The second-order valence-corrected chi connectivity index (χ2v) is 4.88. The molecule has 0 amide bonds. The number of unbranched alkanes of at least 4 members (excludes halogenated alkanes) is 3. The monoisotopic (exact) mass is 234 g/mol. The Kier molecular flexibility index (Phi) is 4.43. The Balaban J connectivity index is 1.88. The standard InChI is InChI=1S/C15H22O2/c1-2-3-4-5-8-12-11-14(16)13-9-6-7-10-15(13)17-12/h6-7,9-10,12,14,16H,2-5,8,11H2,1H3/t12?,14-/m1/s1. The van der Waals surface area contributed by atoms with Crippen LogP contribution in [0, 0.1) is 0 Å². The molecule has 2 rings (SSSR count). The number of aliphatic hydroxyl groups is 1. The van der Waals surface area contributed by atoms with Gasteiger partial charge in [-0.3, -0.25) is 0 Å². The molecule has 0 saturated carbocycles. The van der Waals surface area contributed by atoms with E-state index in [1.54, 1.807) is 0 Å². The van der Waals surface area contributed by atoms with Crippen LogP contribution in [0.25, 0.3) is 0 Å². The number of benzene rings is 1. The van der Waals surface area contributed by atoms with Gasteiger partial charge in [0.05, 0.1) is 6.10 Å². The molecule has 0 saturated heterocycles. The van der Waals surface area contributed by atoms with E-state index in [4.69, 9.17) is 4.74 Å². The molecule has 2 atom stereocenters. The van der Waals surface area contributed by atoms with Crippen molar-refractivity contribution in [2.45, 2.75) is 57.7 Å². The molecule has 0 fully saturated rings. The highest BCUT2D eigenvalue weighted by molar-refractivity contribution is 5.36. The van der Waals surface area contributed by atoms with Crippen molar-refractivity contribution < 1.29 is 9.84 Å². The second kappa shape index (κ2) is 6.06. The van der Waals surface area contributed by atoms with Gasteiger partial charge < -0.3 is 9.84 Å². The third-order valence-electron chi connectivity index (χ3n) is 3.44. The zero-order valence-electron chi connectivity index (χ0n) is 10.6. The van der Waals surface area contributed by atoms with E-state index in [1.807, 2.05) is 24.3 Å². The molecular formula is C15H22O2. The molecule has 0 aliphatic carbocycles. The van der Waals surface area contributed by atoms with E-state index in [2.05, 4.69) is 6.92 Å². The number of ether oxygens (including phenoxy) is 1. The fourth-order valence-electron chi connectivity index (χ4n) is 2.44. The van der Waals surface area contributed by atoms with E-state index in [1.165, 1.54) is 25.7 Å². The van der Waals surface area contributed by atoms with Crippen molar-refractivity contribution in [3.05, 3.63) is 29.8 Å². The largest absolute Gasteiger partial charge is 0.490 e. The average molecular weight is 234 g/mol. The van der Waals surface area contributed by atoms with Crippen LogP contribution in [-0.2, 0) is 0 Å². The minimum Gasteiger partial charge on any atom is -0.490 e. The first kappa shape index (κ1) is 12.4. The van der Waals surface area contributed by atoms with E-state index in [9.17, 15) is 5.11 Å². The molecule has 1 N–H and O–H groups in total. The van der Waals surface area contributed by atoms with Gasteiger partial charge in [-0.15, -0.1) is 0 Å². The molecule has 1 aromatic rings. The highest BCUT2D eigenvalue weighted by Gasteiger charge is 2.25. The van der Waals surface area contributed by atoms with Gasteiger partial charge in [0, 0.05) is 12.0 Å². The van der Waals surface area contributed by atoms with Gasteiger partial charge in [-0.2, -0.15) is 0 Å². The van der Waals surface area contributed by atoms with E-state index in [-0.39, 0.29) is 12.2 Å². The van der Waals surface area contributed by atoms with Crippen LogP contribution >= 0.6 is 0 Å². The number of hydrogen-bond donors (Lipinski definition) is 1. The maximum Gasteiger partial charge on any atom is 0.125 e. The Morgan fingerprint density at radius 3 is 2.88 bits per heavy atom. The lowest BCUT2D eigenvalue weighted by atomic mass is 9.96. The SMILES string of the molecule is CCCCCCC1C[C@@H](O)c2ccccc2O1. The van der Waals surface area contributed by atoms with Crippen molar-refractivity contribution in [2.24, 2.45) is 0 Å². The van der Waals surface area contributed by atoms with E-state index < -0.39 is 0 Å². The number of hydrogen-bond acceptors (Lipinski definition) is 2. The minimum atomic E-state index is -0.351. The third kappa shape index (κ3) is 3.22. The number of para-hydroxylation sites is 1. The molecule has 0 spiro atoms. The minimum absolute atomic E-state index is 0.191. The highest BCUT2D eigenvalue weighted by atomic mass is 16.5. The summed E-state index contributed by atoms with van der Waals surface area (Å²) >= 11 is 0. The summed E-state index contributed by atoms with van der Waals surface area (Å²) in [5.74, 6) is 0.867. The summed E-state index contributed by atoms with van der Waals surface area (Å²) in [6.45, 7) is 2.22. The fourth-order valence-corrected chi connectivity index (χ4v) is 2.44. The second-order valence-electron chi connectivity index (χ2n) is 4.88. The molecule has 0 radical (unpaired) electrons. The first-order chi connectivity index (χ1) is 8.31. The lowest BCUT2D eigenvalue weighted by Crippen LogP contribution is -2.25. The fraction of sp³-hybridized carbons (Fsp3) is 0.600. The van der Waals surface area contributed by atoms with Crippen molar-refractivity contribution in [3.63, 3.8) is 0 Å². The average Bonchev–Trinajstić information content (AvgIpc) is 2.35. The van der Waals surface area contributed by atoms with Gasteiger partial charge in [0.1, 0.15) is 11.9 Å². The van der Waals surface area contributed by atoms with Crippen LogP contribution in [0.15, 0.2) is 24.3 Å². The summed E-state index contributed by atoms with van der Waals surface area (Å²) in [7, 11) is 0. The maximum atomic E-state index is 10.1. The first-order valence-corrected chi connectivity index (χ1v) is 6.75. The van der Waals surface area contributed by atoms with Gasteiger partial charge in [0.25, 0.3) is 0 Å². The molecule has 2 nitrogen and oxygen atoms in total. The molecule has 0 aromatic heterocycles. The van der Waals surface area contributed by atoms with Crippen molar-refractivity contribution in [1.29, 1.82) is 0 Å². The molecule has 1 unspecified atom stereocenters. The lowest BCUT2D eigenvalue weighted by molar-refractivity contribution is 0.0605. The van der Waals surface area contributed by atoms with E-state index >= 15 is 0 Å². The normalized spacial score (nSPS) is 22.9. The van der Waals surface area contributed by atoms with Crippen LogP contribution in [0.4, 0.5) is 0 Å². The Morgan fingerprint density at radius 1 is 1.24 bits per heavy atom. The topological polar surface area (TPSA) is 29.5 Å². The quantitative estimate of drug-likeness (QED) is 0.784. The molecule has 1 aliphatic rings. The van der Waals surface area contributed by atoms with Crippen LogP contribution in [-0.4, -0.2) is 11.2 Å². The number of fused-ring (bicyclic) bond motifs is 1. The van der Waals surface area contributed by atoms with Gasteiger partial charge in [-0.1, -0.05) is 44.4 Å². The molecule has 1 aromatic carbocycles. The van der Waals surface area contributed by atoms with E-state index in [0.717, 1.165) is 24.2 Å². The van der Waals surface area contributed by atoms with Crippen LogP contribution < -0.4 is 4.74 Å². The van der Waals surface area contributed by atoms with Crippen molar-refractivity contribution >= 4 is 0 Å². The summed E-state index contributed by atoms with van der Waals surface area (Å²) < 4.78 is 5.92. The summed E-state index contributed by atoms with van der Waals surface area (Å²) in [4.78, 5) is 0. The molecule has 17 heavy (non-hydrogen) atoms. The summed E-state index contributed by atoms with van der Waals surface area (Å²) in [6.07, 6.45) is 6.67. The summed E-state index contributed by atoms with van der Waals surface area (Å²) in [5.41, 5.74) is 0.942. The van der Waals surface area contributed by atoms with Crippen LogP contribution in [0.5, 0.6) is 5.75 Å². The van der Waals surface area contributed by atoms with Crippen molar-refractivity contribution in [3.8, 4) is 5.75 Å². The molecule has 94 valence electrons. The van der Waals surface area contributed by atoms with Crippen LogP contribution in [0.2, 0.25) is 0 Å². The van der Waals surface area contributed by atoms with Gasteiger partial charge in [-0.05, 0) is 18.9 Å². The predicted octanol–water partition coefficient (Wildman–Crippen LogP) is 3.84. The zero-order chi connectivity index (χ0) is 12.1. The third-order valence-corrected chi connectivity index (χ3v) is 3.44. The Labute approximate surface area is 104 Å². The van der Waals surface area contributed by atoms with Gasteiger partial charge in [0.2, 0.25) is 0 Å². The predicted molar refractivity (Wildman–Crippen MR) is 69.2 cm³/mol. The summed E-state index contributed by atoms with van der Waals surface area (Å²) in [5, 5.41) is 10.1. The van der Waals surface area contributed by atoms with Crippen molar-refractivity contribution in [2.75, 3.05) is 0 Å². The zero-order valence-corrected chi connectivity index (χ0v) is 10.6. The number of aliphatic hydroxyl groups excluding tert-OH is 1. The Hall–Kier alpha value is -1.02. The maximum absolute atomic E-state index is 10.1. The Bertz CT molecular complexity index is 349. The molecule has 0 bridgehead atoms.